The lowest BCUT2D eigenvalue weighted by Gasteiger charge is -2.34. The number of halogens is 1. The molecule has 2 aromatic carbocycles. The number of piperazine rings is 1. The first-order chi connectivity index (χ1) is 16.6. The molecule has 4 rings (SSSR count). The molecule has 0 atom stereocenters. The average Bonchev–Trinajstić information content (AvgIpc) is 3.36. The van der Waals surface area contributed by atoms with Gasteiger partial charge in [0.15, 0.2) is 11.5 Å². The van der Waals surface area contributed by atoms with Crippen LogP contribution in [0.2, 0.25) is 0 Å². The summed E-state index contributed by atoms with van der Waals surface area (Å²) in [6.45, 7) is 4.05. The van der Waals surface area contributed by atoms with Crippen LogP contribution in [0.4, 0.5) is 0 Å². The zero-order chi connectivity index (χ0) is 23.9. The Morgan fingerprint density at radius 1 is 0.971 bits per heavy atom. The Labute approximate surface area is 215 Å². The highest BCUT2D eigenvalue weighted by Gasteiger charge is 2.22. The predicted octanol–water partition coefficient (Wildman–Crippen LogP) is 3.62. The second kappa shape index (κ2) is 12.7. The van der Waals surface area contributed by atoms with Crippen LogP contribution in [0.25, 0.3) is 11.5 Å². The quantitative estimate of drug-likeness (QED) is 0.392. The third-order valence-electron chi connectivity index (χ3n) is 5.61. The highest BCUT2D eigenvalue weighted by Crippen LogP contribution is 2.41. The summed E-state index contributed by atoms with van der Waals surface area (Å²) >= 11 is 1.24. The van der Waals surface area contributed by atoms with Crippen LogP contribution in [0.5, 0.6) is 17.2 Å². The summed E-state index contributed by atoms with van der Waals surface area (Å²) in [6.07, 6.45) is 0. The fourth-order valence-corrected chi connectivity index (χ4v) is 4.47. The maximum Gasteiger partial charge on any atom is 0.277 e. The molecule has 1 aromatic heterocycles. The first-order valence-electron chi connectivity index (χ1n) is 10.9. The Balaban J connectivity index is 0.00000342. The highest BCUT2D eigenvalue weighted by molar-refractivity contribution is 7.99. The summed E-state index contributed by atoms with van der Waals surface area (Å²) in [5, 5.41) is 8.52. The van der Waals surface area contributed by atoms with Crippen molar-refractivity contribution in [2.75, 3.05) is 53.3 Å². The summed E-state index contributed by atoms with van der Waals surface area (Å²) in [5.74, 6) is 2.09. The molecule has 1 fully saturated rings. The maximum atomic E-state index is 12.7. The molecule has 35 heavy (non-hydrogen) atoms. The van der Waals surface area contributed by atoms with E-state index in [0.29, 0.717) is 47.0 Å². The van der Waals surface area contributed by atoms with E-state index in [4.69, 9.17) is 18.6 Å². The topological polar surface area (TPSA) is 90.2 Å². The van der Waals surface area contributed by atoms with Crippen molar-refractivity contribution < 1.29 is 23.4 Å². The number of thioether (sulfide) groups is 1. The van der Waals surface area contributed by atoms with Gasteiger partial charge >= 0.3 is 0 Å². The maximum absolute atomic E-state index is 12.7. The van der Waals surface area contributed by atoms with E-state index in [1.807, 2.05) is 11.0 Å². The Bertz CT molecular complexity index is 1080. The molecule has 0 unspecified atom stereocenters. The van der Waals surface area contributed by atoms with Gasteiger partial charge in [0, 0.05) is 38.3 Å². The number of carbonyl (C=O) groups excluding carboxylic acids is 1. The van der Waals surface area contributed by atoms with E-state index in [1.54, 1.807) is 33.5 Å². The zero-order valence-corrected chi connectivity index (χ0v) is 21.6. The van der Waals surface area contributed by atoms with Gasteiger partial charge in [-0.1, -0.05) is 42.1 Å². The van der Waals surface area contributed by atoms with Crippen molar-refractivity contribution in [3.05, 3.63) is 48.0 Å². The zero-order valence-electron chi connectivity index (χ0n) is 19.9. The van der Waals surface area contributed by atoms with E-state index < -0.39 is 0 Å². The van der Waals surface area contributed by atoms with Crippen LogP contribution in [0, 0.1) is 0 Å². The number of benzene rings is 2. The second-order valence-electron chi connectivity index (χ2n) is 7.72. The molecule has 2 heterocycles. The molecule has 1 saturated heterocycles. The van der Waals surface area contributed by atoms with Crippen LogP contribution < -0.4 is 14.2 Å². The number of ether oxygens (including phenoxy) is 3. The molecule has 11 heteroatoms. The monoisotopic (exact) mass is 520 g/mol. The standard InChI is InChI=1S/C24H28N4O5S.ClH/c1-30-19-13-18(14-20(31-2)22(19)32-3)23-25-26-24(33-23)34-16-21(29)28-11-9-27(10-12-28)15-17-7-5-4-6-8-17;/h4-8,13-14H,9-12,15-16H2,1-3H3;1H. The van der Waals surface area contributed by atoms with Gasteiger partial charge < -0.3 is 23.5 Å². The molecule has 1 aliphatic rings. The molecule has 0 bridgehead atoms. The molecular formula is C24H29ClN4O5S. The SMILES string of the molecule is COc1cc(-c2nnc(SCC(=O)N3CCN(Cc4ccccc4)CC3)o2)cc(OC)c1OC.Cl. The van der Waals surface area contributed by atoms with Crippen LogP contribution in [0.15, 0.2) is 52.1 Å². The molecule has 0 aliphatic carbocycles. The molecular weight excluding hydrogens is 492 g/mol. The normalized spacial score (nSPS) is 13.7. The van der Waals surface area contributed by atoms with Gasteiger partial charge in [-0.15, -0.1) is 22.6 Å². The van der Waals surface area contributed by atoms with Crippen molar-refractivity contribution in [2.24, 2.45) is 0 Å². The summed E-state index contributed by atoms with van der Waals surface area (Å²) in [6, 6.07) is 13.9. The minimum absolute atomic E-state index is 0. The van der Waals surface area contributed by atoms with E-state index >= 15 is 0 Å². The smallest absolute Gasteiger partial charge is 0.277 e. The molecule has 188 valence electrons. The van der Waals surface area contributed by atoms with E-state index in [-0.39, 0.29) is 24.1 Å². The van der Waals surface area contributed by atoms with Gasteiger partial charge in [0.2, 0.25) is 17.5 Å². The largest absolute Gasteiger partial charge is 0.493 e. The third-order valence-corrected chi connectivity index (χ3v) is 6.41. The lowest BCUT2D eigenvalue weighted by Crippen LogP contribution is -2.48. The van der Waals surface area contributed by atoms with Crippen molar-refractivity contribution in [1.29, 1.82) is 0 Å². The number of carbonyl (C=O) groups is 1. The molecule has 1 aliphatic heterocycles. The van der Waals surface area contributed by atoms with Crippen molar-refractivity contribution in [2.45, 2.75) is 11.8 Å². The third kappa shape index (κ3) is 6.59. The van der Waals surface area contributed by atoms with Gasteiger partial charge in [-0.25, -0.2) is 0 Å². The summed E-state index contributed by atoms with van der Waals surface area (Å²) < 4.78 is 21.9. The van der Waals surface area contributed by atoms with Crippen molar-refractivity contribution in [3.63, 3.8) is 0 Å². The molecule has 0 N–H and O–H groups in total. The average molecular weight is 521 g/mol. The van der Waals surface area contributed by atoms with Crippen LogP contribution in [-0.4, -0.2) is 79.2 Å². The number of hydrogen-bond acceptors (Lipinski definition) is 9. The van der Waals surface area contributed by atoms with Crippen molar-refractivity contribution in [3.8, 4) is 28.7 Å². The fraction of sp³-hybridized carbons (Fsp3) is 0.375. The molecule has 0 saturated carbocycles. The van der Waals surface area contributed by atoms with Crippen LogP contribution in [-0.2, 0) is 11.3 Å². The second-order valence-corrected chi connectivity index (χ2v) is 8.64. The van der Waals surface area contributed by atoms with Crippen LogP contribution >= 0.6 is 24.2 Å². The lowest BCUT2D eigenvalue weighted by molar-refractivity contribution is -0.130. The molecule has 0 spiro atoms. The van der Waals surface area contributed by atoms with Gasteiger partial charge in [-0.2, -0.15) is 0 Å². The Kier molecular flexibility index (Phi) is 9.64. The van der Waals surface area contributed by atoms with Crippen molar-refractivity contribution >= 4 is 30.1 Å². The van der Waals surface area contributed by atoms with Crippen LogP contribution in [0.1, 0.15) is 5.56 Å². The van der Waals surface area contributed by atoms with Gasteiger partial charge in [0.05, 0.1) is 27.1 Å². The van der Waals surface area contributed by atoms with Gasteiger partial charge in [0.25, 0.3) is 5.22 Å². The Morgan fingerprint density at radius 3 is 2.23 bits per heavy atom. The van der Waals surface area contributed by atoms with E-state index in [2.05, 4.69) is 39.4 Å². The number of aromatic nitrogens is 2. The number of rotatable bonds is 9. The van der Waals surface area contributed by atoms with Crippen molar-refractivity contribution in [1.82, 2.24) is 20.0 Å². The van der Waals surface area contributed by atoms with E-state index in [0.717, 1.165) is 19.6 Å². The predicted molar refractivity (Wildman–Crippen MR) is 136 cm³/mol. The number of hydrogen-bond donors (Lipinski definition) is 0. The Morgan fingerprint density at radius 2 is 1.63 bits per heavy atom. The van der Waals surface area contributed by atoms with E-state index in [1.165, 1.54) is 17.3 Å². The van der Waals surface area contributed by atoms with E-state index in [9.17, 15) is 4.79 Å². The lowest BCUT2D eigenvalue weighted by atomic mass is 10.2. The molecule has 3 aromatic rings. The number of nitrogens with zero attached hydrogens (tertiary/aromatic N) is 4. The minimum Gasteiger partial charge on any atom is -0.493 e. The fourth-order valence-electron chi connectivity index (χ4n) is 3.80. The first kappa shape index (κ1) is 26.7. The summed E-state index contributed by atoms with van der Waals surface area (Å²) in [5.41, 5.74) is 1.92. The Hall–Kier alpha value is -2.95. The van der Waals surface area contributed by atoms with Crippen LogP contribution in [0.3, 0.4) is 0 Å². The van der Waals surface area contributed by atoms with Gasteiger partial charge in [-0.3, -0.25) is 9.69 Å². The first-order valence-corrected chi connectivity index (χ1v) is 11.9. The molecule has 0 radical (unpaired) electrons. The minimum atomic E-state index is 0. The number of amides is 1. The number of methoxy groups -OCH3 is 3. The van der Waals surface area contributed by atoms with Gasteiger partial charge in [0.1, 0.15) is 0 Å². The summed E-state index contributed by atoms with van der Waals surface area (Å²) in [7, 11) is 4.63. The molecule has 1 amide bonds. The summed E-state index contributed by atoms with van der Waals surface area (Å²) in [4.78, 5) is 17.0. The molecule has 9 nitrogen and oxygen atoms in total. The van der Waals surface area contributed by atoms with Gasteiger partial charge in [-0.05, 0) is 17.7 Å². The highest BCUT2D eigenvalue weighted by atomic mass is 35.5.